The summed E-state index contributed by atoms with van der Waals surface area (Å²) in [7, 11) is 0. The number of hydrogen-bond acceptors (Lipinski definition) is 5. The van der Waals surface area contributed by atoms with E-state index in [0.717, 1.165) is 16.5 Å². The largest absolute Gasteiger partial charge is 2.00 e. The first-order chi connectivity index (χ1) is 15.3. The molecule has 10 heteroatoms. The molecule has 4 rings (SSSR count). The predicted molar refractivity (Wildman–Crippen MR) is 130 cm³/mol. The van der Waals surface area contributed by atoms with Gasteiger partial charge in [0.15, 0.2) is 0 Å². The van der Waals surface area contributed by atoms with Crippen LogP contribution in [0.2, 0.25) is 0 Å². The van der Waals surface area contributed by atoms with Gasteiger partial charge >= 0.3 is 21.1 Å². The second kappa shape index (κ2) is 13.2. The number of anilines is 1. The number of halogens is 3. The van der Waals surface area contributed by atoms with Gasteiger partial charge in [0.2, 0.25) is 0 Å². The van der Waals surface area contributed by atoms with Crippen LogP contribution in [0.1, 0.15) is 30.0 Å². The molecule has 1 aromatic heterocycles. The minimum atomic E-state index is -2.58. The zero-order chi connectivity index (χ0) is 22.8. The standard InChI is InChI=1S/C24H26F3N3O2.CH3.H2N.W/c1-14-17(15(2)25)5-4-6-18(14)24-19-11-21(30-7-9-31-10-8-30)22(32-13-23(26)27)12-20(19)28-16(3)29-24;;;/h4-6,11-12,15,23H,7-10,13H2,1-3H3;1H3;1H2;/q;2*-1;+2. The monoisotopic (exact) mass is 660 g/mol. The Balaban J connectivity index is 0.00000204. The SMILES string of the molecule is Cc1nc(-c2cccc(C(C)F)c2C)c2cc(N3CCOCC3)c(OCC(F)F)cc2n1.[CH3-].[NH2-].[W+2]. The number of rotatable bonds is 6. The van der Waals surface area contributed by atoms with E-state index in [-0.39, 0.29) is 34.6 Å². The summed E-state index contributed by atoms with van der Waals surface area (Å²) in [5.74, 6) is 0.885. The van der Waals surface area contributed by atoms with Gasteiger partial charge in [-0.3, -0.25) is 0 Å². The summed E-state index contributed by atoms with van der Waals surface area (Å²) in [6.45, 7) is 6.79. The number of aromatic nitrogens is 2. The van der Waals surface area contributed by atoms with E-state index < -0.39 is 19.2 Å². The Morgan fingerprint density at radius 3 is 2.40 bits per heavy atom. The molecule has 190 valence electrons. The van der Waals surface area contributed by atoms with Gasteiger partial charge in [-0.15, -0.1) is 0 Å². The van der Waals surface area contributed by atoms with E-state index in [4.69, 9.17) is 9.47 Å². The molecular formula is C25H31F3N4O2W. The van der Waals surface area contributed by atoms with E-state index in [2.05, 4.69) is 14.9 Å². The van der Waals surface area contributed by atoms with E-state index in [1.54, 1.807) is 19.1 Å². The second-order valence-electron chi connectivity index (χ2n) is 7.89. The van der Waals surface area contributed by atoms with Crippen LogP contribution < -0.4 is 9.64 Å². The Morgan fingerprint density at radius 2 is 1.77 bits per heavy atom. The van der Waals surface area contributed by atoms with Crippen molar-refractivity contribution in [1.82, 2.24) is 9.97 Å². The average molecular weight is 660 g/mol. The molecular weight excluding hydrogens is 629 g/mol. The number of fused-ring (bicyclic) bond motifs is 1. The maximum Gasteiger partial charge on any atom is 2.00 e. The van der Waals surface area contributed by atoms with Crippen molar-refractivity contribution in [1.29, 1.82) is 0 Å². The molecule has 0 saturated carbocycles. The molecule has 0 radical (unpaired) electrons. The molecule has 0 spiro atoms. The zero-order valence-corrected chi connectivity index (χ0v) is 23.3. The molecule has 35 heavy (non-hydrogen) atoms. The van der Waals surface area contributed by atoms with Crippen LogP contribution in [0.5, 0.6) is 5.75 Å². The third-order valence-electron chi connectivity index (χ3n) is 5.66. The van der Waals surface area contributed by atoms with Crippen LogP contribution >= 0.6 is 0 Å². The molecule has 2 N–H and O–H groups in total. The first-order valence-electron chi connectivity index (χ1n) is 10.6. The Morgan fingerprint density at radius 1 is 1.09 bits per heavy atom. The van der Waals surface area contributed by atoms with Crippen molar-refractivity contribution in [2.75, 3.05) is 37.8 Å². The molecule has 1 aliphatic heterocycles. The van der Waals surface area contributed by atoms with Crippen LogP contribution in [0.4, 0.5) is 18.9 Å². The van der Waals surface area contributed by atoms with Gasteiger partial charge in [-0.2, -0.15) is 0 Å². The van der Waals surface area contributed by atoms with Crippen molar-refractivity contribution in [3.05, 3.63) is 60.9 Å². The van der Waals surface area contributed by atoms with E-state index in [1.807, 2.05) is 25.1 Å². The van der Waals surface area contributed by atoms with Crippen LogP contribution in [0.15, 0.2) is 30.3 Å². The first-order valence-corrected chi connectivity index (χ1v) is 10.6. The van der Waals surface area contributed by atoms with Crippen molar-refractivity contribution in [2.45, 2.75) is 33.4 Å². The molecule has 0 bridgehead atoms. The van der Waals surface area contributed by atoms with Crippen LogP contribution in [0, 0.1) is 21.3 Å². The number of alkyl halides is 3. The number of nitrogens with zero attached hydrogens (tertiary/aromatic N) is 3. The fourth-order valence-corrected chi connectivity index (χ4v) is 4.13. The maximum atomic E-state index is 14.2. The summed E-state index contributed by atoms with van der Waals surface area (Å²) in [5.41, 5.74) is 4.21. The van der Waals surface area contributed by atoms with Crippen LogP contribution in [0.25, 0.3) is 28.3 Å². The average Bonchev–Trinajstić information content (AvgIpc) is 2.77. The molecule has 2 heterocycles. The Bertz CT molecular complexity index is 1130. The second-order valence-corrected chi connectivity index (χ2v) is 7.89. The Labute approximate surface area is 219 Å². The third kappa shape index (κ3) is 6.72. The van der Waals surface area contributed by atoms with Crippen molar-refractivity contribution < 1.29 is 43.7 Å². The molecule has 1 aliphatic rings. The van der Waals surface area contributed by atoms with E-state index >= 15 is 0 Å². The fourth-order valence-electron chi connectivity index (χ4n) is 4.13. The molecule has 0 amide bonds. The van der Waals surface area contributed by atoms with E-state index in [0.29, 0.717) is 60.3 Å². The van der Waals surface area contributed by atoms with Gasteiger partial charge in [0.05, 0.1) is 30.1 Å². The molecule has 3 aromatic rings. The van der Waals surface area contributed by atoms with E-state index in [1.165, 1.54) is 6.92 Å². The number of hydrogen-bond donors (Lipinski definition) is 0. The van der Waals surface area contributed by atoms with Crippen molar-refractivity contribution >= 4 is 16.6 Å². The normalized spacial score (nSPS) is 14.1. The van der Waals surface area contributed by atoms with Gasteiger partial charge in [0.1, 0.15) is 24.4 Å². The summed E-state index contributed by atoms with van der Waals surface area (Å²) >= 11 is 0. The molecule has 1 atom stereocenters. The molecule has 1 fully saturated rings. The summed E-state index contributed by atoms with van der Waals surface area (Å²) in [5, 5.41) is 0.758. The zero-order valence-electron chi connectivity index (χ0n) is 20.4. The van der Waals surface area contributed by atoms with Gasteiger partial charge in [-0.25, -0.2) is 23.1 Å². The number of benzene rings is 2. The predicted octanol–water partition coefficient (Wildman–Crippen LogP) is 6.59. The Kier molecular flexibility index (Phi) is 11.6. The van der Waals surface area contributed by atoms with Crippen LogP contribution in [-0.2, 0) is 25.8 Å². The van der Waals surface area contributed by atoms with Gasteiger partial charge in [0.25, 0.3) is 6.43 Å². The number of nitrogens with two attached hydrogens (primary N) is 1. The minimum Gasteiger partial charge on any atom is -0.693 e. The smallest absolute Gasteiger partial charge is 0.693 e. The Hall–Kier alpha value is -2.22. The quantitative estimate of drug-likeness (QED) is 0.279. The maximum absolute atomic E-state index is 14.2. The molecule has 6 nitrogen and oxygen atoms in total. The number of ether oxygens (including phenoxy) is 2. The number of aryl methyl sites for hydroxylation is 1. The van der Waals surface area contributed by atoms with Crippen LogP contribution in [-0.4, -0.2) is 49.3 Å². The molecule has 2 aromatic carbocycles. The van der Waals surface area contributed by atoms with Gasteiger partial charge in [0, 0.05) is 30.1 Å². The van der Waals surface area contributed by atoms with Crippen molar-refractivity contribution in [3.63, 3.8) is 0 Å². The molecule has 1 saturated heterocycles. The van der Waals surface area contributed by atoms with Gasteiger partial charge < -0.3 is 28.0 Å². The van der Waals surface area contributed by atoms with Gasteiger partial charge in [-0.05, 0) is 38.0 Å². The topological polar surface area (TPSA) is 81.0 Å². The molecule has 0 aliphatic carbocycles. The summed E-state index contributed by atoms with van der Waals surface area (Å²) in [6, 6.07) is 9.09. The first kappa shape index (κ1) is 30.8. The third-order valence-corrected chi connectivity index (χ3v) is 5.66. The van der Waals surface area contributed by atoms with Crippen molar-refractivity contribution in [2.24, 2.45) is 0 Å². The fraction of sp³-hybridized carbons (Fsp3) is 0.400. The van der Waals surface area contributed by atoms with E-state index in [9.17, 15) is 13.2 Å². The van der Waals surface area contributed by atoms with Crippen molar-refractivity contribution in [3.8, 4) is 17.0 Å². The summed E-state index contributed by atoms with van der Waals surface area (Å²) < 4.78 is 50.9. The van der Waals surface area contributed by atoms with Crippen LogP contribution in [0.3, 0.4) is 0 Å². The minimum absolute atomic E-state index is 0. The molecule has 1 unspecified atom stereocenters. The van der Waals surface area contributed by atoms with Gasteiger partial charge in [-0.1, -0.05) is 18.2 Å². The number of morpholine rings is 1. The summed E-state index contributed by atoms with van der Waals surface area (Å²) in [6.07, 6.45) is -3.69. The summed E-state index contributed by atoms with van der Waals surface area (Å²) in [4.78, 5) is 11.3.